The minimum atomic E-state index is -0.525. The molecule has 0 spiro atoms. The van der Waals surface area contributed by atoms with Crippen molar-refractivity contribution in [1.29, 1.82) is 0 Å². The Hall–Kier alpha value is -3.72. The highest BCUT2D eigenvalue weighted by Crippen LogP contribution is 2.45. The van der Waals surface area contributed by atoms with Crippen LogP contribution in [-0.4, -0.2) is 24.2 Å². The molecule has 0 amide bonds. The van der Waals surface area contributed by atoms with Crippen LogP contribution in [0.3, 0.4) is 0 Å². The predicted molar refractivity (Wildman–Crippen MR) is 109 cm³/mol. The summed E-state index contributed by atoms with van der Waals surface area (Å²) in [5.41, 5.74) is 10.7. The number of carbonyl (C=O) groups is 1. The molecule has 0 fully saturated rings. The van der Waals surface area contributed by atoms with Gasteiger partial charge < -0.3 is 19.9 Å². The lowest BCUT2D eigenvalue weighted by atomic mass is 10.1. The first-order chi connectivity index (χ1) is 13.7. The predicted octanol–water partition coefficient (Wildman–Crippen LogP) is 4.09. The molecular weight excluding hydrogens is 352 g/mol. The molecule has 2 heterocycles. The van der Waals surface area contributed by atoms with E-state index in [1.165, 1.54) is 12.7 Å². The van der Waals surface area contributed by atoms with Crippen LogP contribution >= 0.6 is 0 Å². The first kappa shape index (κ1) is 17.7. The van der Waals surface area contributed by atoms with E-state index in [0.717, 1.165) is 17.8 Å². The Bertz CT molecular complexity index is 1080. The fourth-order valence-electron chi connectivity index (χ4n) is 3.81. The van der Waals surface area contributed by atoms with Crippen LogP contribution < -0.4 is 10.6 Å². The number of esters is 1. The van der Waals surface area contributed by atoms with E-state index < -0.39 is 5.97 Å². The number of benzene rings is 2. The van der Waals surface area contributed by atoms with Crippen molar-refractivity contribution in [3.63, 3.8) is 0 Å². The van der Waals surface area contributed by atoms with E-state index in [1.54, 1.807) is 0 Å². The monoisotopic (exact) mass is 372 g/mol. The zero-order chi connectivity index (χ0) is 19.7. The van der Waals surface area contributed by atoms with Crippen LogP contribution in [0.1, 0.15) is 16.1 Å². The number of carbonyl (C=O) groups excluding carboxylic acids is 1. The van der Waals surface area contributed by atoms with E-state index >= 15 is 0 Å². The van der Waals surface area contributed by atoms with Crippen LogP contribution in [0.15, 0.2) is 54.6 Å². The number of anilines is 2. The Morgan fingerprint density at radius 2 is 1.86 bits per heavy atom. The van der Waals surface area contributed by atoms with Crippen molar-refractivity contribution in [2.24, 2.45) is 0 Å². The molecule has 0 saturated carbocycles. The molecule has 0 atom stereocenters. The Morgan fingerprint density at radius 3 is 2.57 bits per heavy atom. The van der Waals surface area contributed by atoms with E-state index in [-0.39, 0.29) is 11.4 Å². The summed E-state index contributed by atoms with van der Waals surface area (Å²) < 4.78 is 6.77. The highest BCUT2D eigenvalue weighted by Gasteiger charge is 2.31. The SMILES string of the molecule is [C-]#[N+]c1c(N)c(C(=O)OC)n2c1-c1ccccc1N(Cc1ccccc1)CC2. The van der Waals surface area contributed by atoms with Gasteiger partial charge in [-0.15, -0.1) is 0 Å². The van der Waals surface area contributed by atoms with E-state index in [0.29, 0.717) is 24.5 Å². The summed E-state index contributed by atoms with van der Waals surface area (Å²) in [5.74, 6) is -0.525. The van der Waals surface area contributed by atoms with Crippen LogP contribution in [0.25, 0.3) is 16.1 Å². The molecule has 0 saturated heterocycles. The zero-order valence-electron chi connectivity index (χ0n) is 15.6. The summed E-state index contributed by atoms with van der Waals surface area (Å²) in [6.45, 7) is 9.58. The highest BCUT2D eigenvalue weighted by molar-refractivity contribution is 6.04. The minimum absolute atomic E-state index is 0.183. The van der Waals surface area contributed by atoms with Gasteiger partial charge in [0.05, 0.1) is 25.1 Å². The Kier molecular flexibility index (Phi) is 4.50. The topological polar surface area (TPSA) is 64.9 Å². The van der Waals surface area contributed by atoms with Crippen molar-refractivity contribution in [1.82, 2.24) is 4.57 Å². The van der Waals surface area contributed by atoms with Gasteiger partial charge in [-0.3, -0.25) is 0 Å². The van der Waals surface area contributed by atoms with Gasteiger partial charge in [0.15, 0.2) is 0 Å². The number of nitrogens with two attached hydrogens (primary N) is 1. The van der Waals surface area contributed by atoms with Gasteiger partial charge in [-0.05, 0) is 11.6 Å². The Labute approximate surface area is 163 Å². The minimum Gasteiger partial charge on any atom is -0.464 e. The van der Waals surface area contributed by atoms with Gasteiger partial charge in [-0.2, -0.15) is 0 Å². The lowest BCUT2D eigenvalue weighted by Crippen LogP contribution is -2.26. The van der Waals surface area contributed by atoms with E-state index in [4.69, 9.17) is 17.0 Å². The van der Waals surface area contributed by atoms with Crippen molar-refractivity contribution in [2.45, 2.75) is 13.1 Å². The molecule has 0 radical (unpaired) electrons. The maximum Gasteiger partial charge on any atom is 0.355 e. The molecule has 3 aromatic rings. The van der Waals surface area contributed by atoms with Gasteiger partial charge in [0.2, 0.25) is 5.69 Å². The lowest BCUT2D eigenvalue weighted by molar-refractivity contribution is 0.0590. The molecule has 4 rings (SSSR count). The molecule has 0 aliphatic carbocycles. The number of methoxy groups -OCH3 is 1. The average Bonchev–Trinajstić information content (AvgIpc) is 2.93. The van der Waals surface area contributed by atoms with Crippen molar-refractivity contribution in [3.05, 3.63) is 77.3 Å². The largest absolute Gasteiger partial charge is 0.464 e. The third-order valence-electron chi connectivity index (χ3n) is 5.07. The van der Waals surface area contributed by atoms with Crippen LogP contribution in [0.4, 0.5) is 17.1 Å². The molecule has 0 bridgehead atoms. The lowest BCUT2D eigenvalue weighted by Gasteiger charge is -2.25. The van der Waals surface area contributed by atoms with Crippen molar-refractivity contribution >= 4 is 23.0 Å². The summed E-state index contributed by atoms with van der Waals surface area (Å²) in [6, 6.07) is 18.2. The van der Waals surface area contributed by atoms with Crippen molar-refractivity contribution in [3.8, 4) is 11.3 Å². The van der Waals surface area contributed by atoms with Crippen molar-refractivity contribution in [2.75, 3.05) is 24.3 Å². The molecule has 1 aliphatic rings. The molecule has 2 N–H and O–H groups in total. The molecule has 28 heavy (non-hydrogen) atoms. The molecule has 140 valence electrons. The highest BCUT2D eigenvalue weighted by atomic mass is 16.5. The molecule has 6 nitrogen and oxygen atoms in total. The van der Waals surface area contributed by atoms with E-state index in [2.05, 4.69) is 21.9 Å². The normalized spacial score (nSPS) is 12.5. The number of hydrogen-bond acceptors (Lipinski definition) is 4. The number of aromatic nitrogens is 1. The number of para-hydroxylation sites is 1. The summed E-state index contributed by atoms with van der Waals surface area (Å²) >= 11 is 0. The summed E-state index contributed by atoms with van der Waals surface area (Å²) in [5, 5.41) is 0. The van der Waals surface area contributed by atoms with Gasteiger partial charge >= 0.3 is 5.97 Å². The van der Waals surface area contributed by atoms with Crippen molar-refractivity contribution < 1.29 is 9.53 Å². The van der Waals surface area contributed by atoms with Crippen LogP contribution in [0, 0.1) is 6.57 Å². The van der Waals surface area contributed by atoms with Crippen LogP contribution in [0.2, 0.25) is 0 Å². The third-order valence-corrected chi connectivity index (χ3v) is 5.07. The Balaban J connectivity index is 1.89. The Morgan fingerprint density at radius 1 is 1.14 bits per heavy atom. The molecule has 2 aromatic carbocycles. The second kappa shape index (κ2) is 7.12. The smallest absolute Gasteiger partial charge is 0.355 e. The standard InChI is InChI=1S/C22H20N4O2/c1-24-19-18(23)21(22(27)28-2)26-13-12-25(14-15-8-4-3-5-9-15)17-11-7-6-10-16(17)20(19)26/h3-11H,12-14,23H2,2H3. The van der Waals surface area contributed by atoms with Crippen LogP contribution in [-0.2, 0) is 17.8 Å². The number of ether oxygens (including phenoxy) is 1. The number of hydrogen-bond donors (Lipinski definition) is 1. The maximum atomic E-state index is 12.4. The number of fused-ring (bicyclic) bond motifs is 3. The summed E-state index contributed by atoms with van der Waals surface area (Å²) in [6.07, 6.45) is 0. The molecule has 1 aliphatic heterocycles. The van der Waals surface area contributed by atoms with E-state index in [9.17, 15) is 4.79 Å². The van der Waals surface area contributed by atoms with E-state index in [1.807, 2.05) is 47.0 Å². The fourth-order valence-corrected chi connectivity index (χ4v) is 3.81. The average molecular weight is 372 g/mol. The number of nitrogen functional groups attached to an aromatic ring is 1. The first-order valence-electron chi connectivity index (χ1n) is 9.01. The zero-order valence-corrected chi connectivity index (χ0v) is 15.6. The van der Waals surface area contributed by atoms with Gasteiger partial charge in [-0.1, -0.05) is 48.5 Å². The molecule has 0 unspecified atom stereocenters. The maximum absolute atomic E-state index is 12.4. The quantitative estimate of drug-likeness (QED) is 0.555. The molecular formula is C22H20N4O2. The van der Waals surface area contributed by atoms with Crippen LogP contribution in [0.5, 0.6) is 0 Å². The third kappa shape index (κ3) is 2.78. The first-order valence-corrected chi connectivity index (χ1v) is 9.01. The fraction of sp³-hybridized carbons (Fsp3) is 0.182. The number of rotatable bonds is 3. The summed E-state index contributed by atoms with van der Waals surface area (Å²) in [4.78, 5) is 18.3. The molecule has 6 heteroatoms. The second-order valence-electron chi connectivity index (χ2n) is 6.64. The molecule has 1 aromatic heterocycles. The van der Waals surface area contributed by atoms with Gasteiger partial charge in [0, 0.05) is 30.9 Å². The summed E-state index contributed by atoms with van der Waals surface area (Å²) in [7, 11) is 1.32. The second-order valence-corrected chi connectivity index (χ2v) is 6.64. The van der Waals surface area contributed by atoms with Gasteiger partial charge in [-0.25, -0.2) is 9.64 Å². The van der Waals surface area contributed by atoms with Gasteiger partial charge in [0.25, 0.3) is 0 Å². The van der Waals surface area contributed by atoms with Gasteiger partial charge in [0.1, 0.15) is 5.69 Å². The number of nitrogens with zero attached hydrogens (tertiary/aromatic N) is 3.